The van der Waals surface area contributed by atoms with Crippen molar-refractivity contribution in [2.45, 2.75) is 26.8 Å². The van der Waals surface area contributed by atoms with Crippen LogP contribution in [0.25, 0.3) is 5.76 Å². The smallest absolute Gasteiger partial charge is 0.300 e. The summed E-state index contributed by atoms with van der Waals surface area (Å²) in [4.78, 5) is 27.7. The zero-order valence-corrected chi connectivity index (χ0v) is 18.6. The summed E-state index contributed by atoms with van der Waals surface area (Å²) in [5.74, 6) is -0.892. The number of Topliss-reactive ketones (excluding diaryl/α,β-unsaturated/α-hetero) is 1. The lowest BCUT2D eigenvalue weighted by molar-refractivity contribution is -0.132. The number of aliphatic hydroxyl groups is 1. The van der Waals surface area contributed by atoms with E-state index in [-0.39, 0.29) is 21.9 Å². The molecule has 0 radical (unpaired) electrons. The highest BCUT2D eigenvalue weighted by Gasteiger charge is 2.48. The molecule has 1 fully saturated rings. The van der Waals surface area contributed by atoms with Crippen LogP contribution in [0.3, 0.4) is 0 Å². The quantitative estimate of drug-likeness (QED) is 0.292. The minimum absolute atomic E-state index is 0.0707. The molecule has 4 rings (SSSR count). The summed E-state index contributed by atoms with van der Waals surface area (Å²) in [7, 11) is 0. The van der Waals surface area contributed by atoms with Crippen molar-refractivity contribution in [3.63, 3.8) is 0 Å². The number of halogens is 2. The summed E-state index contributed by atoms with van der Waals surface area (Å²) in [6.07, 6.45) is 0. The lowest BCUT2D eigenvalue weighted by atomic mass is 9.99. The molecule has 5 nitrogen and oxygen atoms in total. The summed E-state index contributed by atoms with van der Waals surface area (Å²) in [5, 5.41) is 11.6. The number of hydrogen-bond donors (Lipinski definition) is 1. The highest BCUT2D eigenvalue weighted by molar-refractivity contribution is 6.52. The first-order valence-corrected chi connectivity index (χ1v) is 10.3. The number of amides is 1. The number of rotatable bonds is 3. The zero-order chi connectivity index (χ0) is 22.4. The van der Waals surface area contributed by atoms with E-state index in [0.717, 1.165) is 11.1 Å². The maximum Gasteiger partial charge on any atom is 0.300 e. The molecule has 7 heteroatoms. The average Bonchev–Trinajstić information content (AvgIpc) is 3.27. The third kappa shape index (κ3) is 3.64. The minimum Gasteiger partial charge on any atom is -0.507 e. The molecule has 1 aromatic heterocycles. The maximum absolute atomic E-state index is 13.2. The number of carbonyl (C=O) groups excluding carboxylic acids is 2. The van der Waals surface area contributed by atoms with E-state index < -0.39 is 17.7 Å². The van der Waals surface area contributed by atoms with Crippen LogP contribution in [0.1, 0.15) is 34.3 Å². The molecule has 158 valence electrons. The van der Waals surface area contributed by atoms with Crippen molar-refractivity contribution in [1.82, 2.24) is 0 Å². The second-order valence-electron chi connectivity index (χ2n) is 7.54. The van der Waals surface area contributed by atoms with E-state index in [1.807, 2.05) is 32.0 Å². The van der Waals surface area contributed by atoms with Gasteiger partial charge in [0, 0.05) is 11.3 Å². The molecule has 2 heterocycles. The molecule has 0 bridgehead atoms. The molecule has 0 spiro atoms. The van der Waals surface area contributed by atoms with Gasteiger partial charge in [0.15, 0.2) is 0 Å². The first kappa shape index (κ1) is 21.2. The highest BCUT2D eigenvalue weighted by atomic mass is 35.5. The molecule has 0 saturated carbocycles. The van der Waals surface area contributed by atoms with Crippen LogP contribution >= 0.6 is 23.2 Å². The van der Waals surface area contributed by atoms with Gasteiger partial charge in [0.2, 0.25) is 0 Å². The topological polar surface area (TPSA) is 70.8 Å². The lowest BCUT2D eigenvalue weighted by Crippen LogP contribution is -2.30. The molecular formula is C24H19Cl2NO4. The van der Waals surface area contributed by atoms with Crippen molar-refractivity contribution in [2.24, 2.45) is 0 Å². The lowest BCUT2D eigenvalue weighted by Gasteiger charge is -2.25. The third-order valence-corrected chi connectivity index (χ3v) is 6.03. The Kier molecular flexibility index (Phi) is 5.42. The van der Waals surface area contributed by atoms with Crippen LogP contribution < -0.4 is 4.90 Å². The van der Waals surface area contributed by atoms with Crippen molar-refractivity contribution in [1.29, 1.82) is 0 Å². The van der Waals surface area contributed by atoms with E-state index >= 15 is 0 Å². The second-order valence-corrected chi connectivity index (χ2v) is 8.35. The Labute approximate surface area is 189 Å². The van der Waals surface area contributed by atoms with Crippen LogP contribution in [0.15, 0.2) is 58.5 Å². The SMILES string of the molecule is Cc1ccc(C)c(N2C(=O)C(=O)/C(=C(\O)c3ccc(Cl)c(Cl)c3)C2c2ccc(C)o2)c1. The van der Waals surface area contributed by atoms with Gasteiger partial charge in [-0.25, -0.2) is 0 Å². The first-order chi connectivity index (χ1) is 14.7. The molecule has 1 aliphatic rings. The Hall–Kier alpha value is -3.02. The summed E-state index contributed by atoms with van der Waals surface area (Å²) in [5.41, 5.74) is 2.53. The molecule has 1 saturated heterocycles. The van der Waals surface area contributed by atoms with Gasteiger partial charge in [-0.2, -0.15) is 0 Å². The summed E-state index contributed by atoms with van der Waals surface area (Å²) in [6.45, 7) is 5.53. The Morgan fingerprint density at radius 3 is 2.35 bits per heavy atom. The molecule has 2 aromatic carbocycles. The van der Waals surface area contributed by atoms with Gasteiger partial charge in [0.05, 0.1) is 15.6 Å². The Morgan fingerprint density at radius 1 is 0.968 bits per heavy atom. The Morgan fingerprint density at radius 2 is 1.71 bits per heavy atom. The monoisotopic (exact) mass is 455 g/mol. The van der Waals surface area contributed by atoms with Gasteiger partial charge in [-0.1, -0.05) is 35.3 Å². The van der Waals surface area contributed by atoms with Crippen molar-refractivity contribution in [3.05, 3.63) is 92.4 Å². The fourth-order valence-electron chi connectivity index (χ4n) is 3.73. The zero-order valence-electron chi connectivity index (χ0n) is 17.1. The number of anilines is 1. The highest BCUT2D eigenvalue weighted by Crippen LogP contribution is 2.44. The van der Waals surface area contributed by atoms with Crippen LogP contribution in [-0.2, 0) is 9.59 Å². The number of nitrogens with zero attached hydrogens (tertiary/aromatic N) is 1. The van der Waals surface area contributed by atoms with Crippen LogP contribution in [0.5, 0.6) is 0 Å². The van der Waals surface area contributed by atoms with Crippen LogP contribution in [0, 0.1) is 20.8 Å². The number of aryl methyl sites for hydroxylation is 3. The summed E-state index contributed by atoms with van der Waals surface area (Å²) >= 11 is 12.1. The van der Waals surface area contributed by atoms with Gasteiger partial charge in [0.1, 0.15) is 23.3 Å². The fourth-order valence-corrected chi connectivity index (χ4v) is 4.03. The fraction of sp³-hybridized carbons (Fsp3) is 0.167. The van der Waals surface area contributed by atoms with E-state index in [0.29, 0.717) is 22.2 Å². The summed E-state index contributed by atoms with van der Waals surface area (Å²) in [6, 6.07) is 12.7. The van der Waals surface area contributed by atoms with Crippen LogP contribution in [0.2, 0.25) is 10.0 Å². The molecule has 31 heavy (non-hydrogen) atoms. The van der Waals surface area contributed by atoms with Crippen molar-refractivity contribution in [2.75, 3.05) is 4.90 Å². The molecule has 0 aliphatic carbocycles. The Balaban J connectivity index is 1.98. The second kappa shape index (κ2) is 7.91. The standard InChI is InChI=1S/C24H19Cl2NO4/c1-12-4-5-13(2)18(10-12)27-21(19-9-6-14(3)31-19)20(23(29)24(27)30)22(28)15-7-8-16(25)17(26)11-15/h4-11,21,28H,1-3H3/b22-20-. The first-order valence-electron chi connectivity index (χ1n) is 9.59. The van der Waals surface area contributed by atoms with Gasteiger partial charge < -0.3 is 9.52 Å². The van der Waals surface area contributed by atoms with E-state index in [2.05, 4.69) is 0 Å². The predicted molar refractivity (Wildman–Crippen MR) is 121 cm³/mol. The number of benzene rings is 2. The van der Waals surface area contributed by atoms with E-state index in [4.69, 9.17) is 27.6 Å². The van der Waals surface area contributed by atoms with Gasteiger partial charge in [0.25, 0.3) is 11.7 Å². The van der Waals surface area contributed by atoms with Gasteiger partial charge >= 0.3 is 0 Å². The van der Waals surface area contributed by atoms with Crippen molar-refractivity contribution in [3.8, 4) is 0 Å². The number of carbonyl (C=O) groups is 2. The molecule has 3 aromatic rings. The van der Waals surface area contributed by atoms with E-state index in [1.54, 1.807) is 25.1 Å². The van der Waals surface area contributed by atoms with Crippen molar-refractivity contribution < 1.29 is 19.1 Å². The number of hydrogen-bond acceptors (Lipinski definition) is 4. The third-order valence-electron chi connectivity index (χ3n) is 5.29. The van der Waals surface area contributed by atoms with Gasteiger partial charge in [-0.3, -0.25) is 14.5 Å². The molecule has 1 unspecified atom stereocenters. The maximum atomic E-state index is 13.2. The van der Waals surface area contributed by atoms with Crippen LogP contribution in [0.4, 0.5) is 5.69 Å². The van der Waals surface area contributed by atoms with Gasteiger partial charge in [-0.05, 0) is 68.3 Å². The van der Waals surface area contributed by atoms with E-state index in [1.165, 1.54) is 17.0 Å². The van der Waals surface area contributed by atoms with Crippen LogP contribution in [-0.4, -0.2) is 16.8 Å². The van der Waals surface area contributed by atoms with E-state index in [9.17, 15) is 14.7 Å². The van der Waals surface area contributed by atoms with Gasteiger partial charge in [-0.15, -0.1) is 0 Å². The average molecular weight is 456 g/mol. The predicted octanol–water partition coefficient (Wildman–Crippen LogP) is 6.14. The summed E-state index contributed by atoms with van der Waals surface area (Å²) < 4.78 is 5.81. The molecule has 1 aliphatic heterocycles. The largest absolute Gasteiger partial charge is 0.507 e. The molecular weight excluding hydrogens is 437 g/mol. The minimum atomic E-state index is -0.927. The Bertz CT molecular complexity index is 1260. The molecule has 1 atom stereocenters. The molecule has 1 amide bonds. The molecule has 1 N–H and O–H groups in total. The number of furan rings is 1. The number of ketones is 1. The number of aliphatic hydroxyl groups excluding tert-OH is 1. The van der Waals surface area contributed by atoms with Crippen molar-refractivity contribution >= 4 is 46.3 Å². The normalized spacial score (nSPS) is 18.1.